The van der Waals surface area contributed by atoms with Crippen LogP contribution in [0.2, 0.25) is 0 Å². The molecule has 1 aromatic heterocycles. The lowest BCUT2D eigenvalue weighted by Gasteiger charge is -2.10. The summed E-state index contributed by atoms with van der Waals surface area (Å²) in [7, 11) is 0. The van der Waals surface area contributed by atoms with Crippen LogP contribution in [0.3, 0.4) is 0 Å². The van der Waals surface area contributed by atoms with Crippen LogP contribution in [0, 0.1) is 5.92 Å². The van der Waals surface area contributed by atoms with Gasteiger partial charge in [-0.3, -0.25) is 4.79 Å². The Morgan fingerprint density at radius 1 is 1.00 bits per heavy atom. The van der Waals surface area contributed by atoms with Crippen molar-refractivity contribution < 1.29 is 9.53 Å². The van der Waals surface area contributed by atoms with Gasteiger partial charge in [0.15, 0.2) is 0 Å². The number of carbonyl (C=O) groups excluding carboxylic acids is 1. The normalized spacial score (nSPS) is 10.5. The highest BCUT2D eigenvalue weighted by molar-refractivity contribution is 6.04. The molecule has 0 aliphatic carbocycles. The SMILES string of the molecule is CC(C)CCNc1cc(C(=O)Nc2ccc(Oc3ccccc3)cc2)ccn1. The van der Waals surface area contributed by atoms with E-state index in [4.69, 9.17) is 4.74 Å². The zero-order valence-electron chi connectivity index (χ0n) is 16.2. The van der Waals surface area contributed by atoms with Crippen molar-refractivity contribution in [3.05, 3.63) is 78.5 Å². The first-order valence-corrected chi connectivity index (χ1v) is 9.44. The van der Waals surface area contributed by atoms with Crippen molar-refractivity contribution in [2.45, 2.75) is 20.3 Å². The number of carbonyl (C=O) groups is 1. The largest absolute Gasteiger partial charge is 0.457 e. The van der Waals surface area contributed by atoms with Crippen molar-refractivity contribution in [3.63, 3.8) is 0 Å². The van der Waals surface area contributed by atoms with Crippen LogP contribution in [-0.2, 0) is 0 Å². The maximum absolute atomic E-state index is 12.5. The highest BCUT2D eigenvalue weighted by atomic mass is 16.5. The molecule has 5 nitrogen and oxygen atoms in total. The summed E-state index contributed by atoms with van der Waals surface area (Å²) in [5, 5.41) is 6.16. The minimum Gasteiger partial charge on any atom is -0.457 e. The summed E-state index contributed by atoms with van der Waals surface area (Å²) in [6.45, 7) is 5.18. The topological polar surface area (TPSA) is 63.2 Å². The molecule has 3 aromatic rings. The lowest BCUT2D eigenvalue weighted by Crippen LogP contribution is -2.13. The molecular weight excluding hydrogens is 350 g/mol. The average molecular weight is 375 g/mol. The minimum absolute atomic E-state index is 0.175. The van der Waals surface area contributed by atoms with Crippen LogP contribution in [0.15, 0.2) is 72.9 Å². The van der Waals surface area contributed by atoms with E-state index in [1.807, 2.05) is 54.6 Å². The number of hydrogen-bond donors (Lipinski definition) is 2. The molecule has 2 aromatic carbocycles. The third-order valence-electron chi connectivity index (χ3n) is 4.14. The summed E-state index contributed by atoms with van der Waals surface area (Å²) in [5.41, 5.74) is 1.27. The van der Waals surface area contributed by atoms with Crippen LogP contribution in [0.25, 0.3) is 0 Å². The second kappa shape index (κ2) is 9.55. The predicted molar refractivity (Wildman–Crippen MR) is 113 cm³/mol. The zero-order chi connectivity index (χ0) is 19.8. The van der Waals surface area contributed by atoms with Crippen LogP contribution in [0.1, 0.15) is 30.6 Å². The monoisotopic (exact) mass is 375 g/mol. The van der Waals surface area contributed by atoms with Crippen LogP contribution >= 0.6 is 0 Å². The summed E-state index contributed by atoms with van der Waals surface area (Å²) in [6.07, 6.45) is 2.69. The van der Waals surface area contributed by atoms with Crippen molar-refractivity contribution in [2.24, 2.45) is 5.92 Å². The first kappa shape index (κ1) is 19.4. The first-order chi connectivity index (χ1) is 13.6. The highest BCUT2D eigenvalue weighted by Gasteiger charge is 2.08. The van der Waals surface area contributed by atoms with Crippen LogP contribution in [0.5, 0.6) is 11.5 Å². The van der Waals surface area contributed by atoms with Crippen molar-refractivity contribution >= 4 is 17.4 Å². The van der Waals surface area contributed by atoms with Gasteiger partial charge in [0.1, 0.15) is 17.3 Å². The second-order valence-corrected chi connectivity index (χ2v) is 6.93. The number of anilines is 2. The van der Waals surface area contributed by atoms with E-state index in [0.29, 0.717) is 28.7 Å². The Kier molecular flexibility index (Phi) is 6.63. The summed E-state index contributed by atoms with van der Waals surface area (Å²) < 4.78 is 5.76. The Morgan fingerprint density at radius 3 is 2.43 bits per heavy atom. The number of amides is 1. The molecule has 0 aliphatic rings. The molecule has 1 amide bonds. The fourth-order valence-corrected chi connectivity index (χ4v) is 2.59. The summed E-state index contributed by atoms with van der Waals surface area (Å²) in [6, 6.07) is 20.3. The van der Waals surface area contributed by atoms with Gasteiger partial charge in [0.05, 0.1) is 0 Å². The van der Waals surface area contributed by atoms with Crippen molar-refractivity contribution in [3.8, 4) is 11.5 Å². The van der Waals surface area contributed by atoms with E-state index in [2.05, 4.69) is 29.5 Å². The molecule has 0 bridgehead atoms. The molecule has 0 fully saturated rings. The fourth-order valence-electron chi connectivity index (χ4n) is 2.59. The smallest absolute Gasteiger partial charge is 0.255 e. The van der Waals surface area contributed by atoms with Gasteiger partial charge in [0.2, 0.25) is 0 Å². The van der Waals surface area contributed by atoms with Gasteiger partial charge in [-0.2, -0.15) is 0 Å². The van der Waals surface area contributed by atoms with Crippen LogP contribution in [-0.4, -0.2) is 17.4 Å². The third-order valence-corrected chi connectivity index (χ3v) is 4.14. The molecule has 3 rings (SSSR count). The number of hydrogen-bond acceptors (Lipinski definition) is 4. The summed E-state index contributed by atoms with van der Waals surface area (Å²) >= 11 is 0. The molecular formula is C23H25N3O2. The molecule has 1 heterocycles. The summed E-state index contributed by atoms with van der Waals surface area (Å²) in [5.74, 6) is 2.64. The first-order valence-electron chi connectivity index (χ1n) is 9.44. The zero-order valence-corrected chi connectivity index (χ0v) is 16.2. The molecule has 0 aliphatic heterocycles. The van der Waals surface area contributed by atoms with Gasteiger partial charge >= 0.3 is 0 Å². The number of benzene rings is 2. The Labute approximate surface area is 165 Å². The van der Waals surface area contributed by atoms with E-state index < -0.39 is 0 Å². The Hall–Kier alpha value is -3.34. The van der Waals surface area contributed by atoms with Gasteiger partial charge in [-0.05, 0) is 60.9 Å². The molecule has 2 N–H and O–H groups in total. The maximum Gasteiger partial charge on any atom is 0.255 e. The number of ether oxygens (including phenoxy) is 1. The lowest BCUT2D eigenvalue weighted by atomic mass is 10.1. The molecule has 0 saturated heterocycles. The molecule has 0 unspecified atom stereocenters. The van der Waals surface area contributed by atoms with E-state index >= 15 is 0 Å². The van der Waals surface area contributed by atoms with Crippen LogP contribution in [0.4, 0.5) is 11.5 Å². The molecule has 144 valence electrons. The number of aromatic nitrogens is 1. The van der Waals surface area contributed by atoms with Gasteiger partial charge in [-0.1, -0.05) is 32.0 Å². The van der Waals surface area contributed by atoms with E-state index in [1.165, 1.54) is 0 Å². The van der Waals surface area contributed by atoms with Crippen LogP contribution < -0.4 is 15.4 Å². The molecule has 0 saturated carbocycles. The van der Waals surface area contributed by atoms with Crippen molar-refractivity contribution in [1.29, 1.82) is 0 Å². The van der Waals surface area contributed by atoms with Gasteiger partial charge in [-0.25, -0.2) is 4.98 Å². The maximum atomic E-state index is 12.5. The van der Waals surface area contributed by atoms with E-state index in [9.17, 15) is 4.79 Å². The van der Waals surface area contributed by atoms with E-state index in [0.717, 1.165) is 18.7 Å². The number of pyridine rings is 1. The van der Waals surface area contributed by atoms with Gasteiger partial charge in [0, 0.05) is 24.0 Å². The number of nitrogens with one attached hydrogen (secondary N) is 2. The Morgan fingerprint density at radius 2 is 1.71 bits per heavy atom. The fraction of sp³-hybridized carbons (Fsp3) is 0.217. The lowest BCUT2D eigenvalue weighted by molar-refractivity contribution is 0.102. The predicted octanol–water partition coefficient (Wildman–Crippen LogP) is 5.58. The molecule has 0 radical (unpaired) electrons. The van der Waals surface area contributed by atoms with E-state index in [-0.39, 0.29) is 5.91 Å². The average Bonchev–Trinajstić information content (AvgIpc) is 2.70. The summed E-state index contributed by atoms with van der Waals surface area (Å²) in [4.78, 5) is 16.8. The Bertz CT molecular complexity index is 893. The molecule has 5 heteroatoms. The number of nitrogens with zero attached hydrogens (tertiary/aromatic N) is 1. The highest BCUT2D eigenvalue weighted by Crippen LogP contribution is 2.23. The third kappa shape index (κ3) is 5.84. The quantitative estimate of drug-likeness (QED) is 0.539. The van der Waals surface area contributed by atoms with Gasteiger partial charge in [0.25, 0.3) is 5.91 Å². The van der Waals surface area contributed by atoms with E-state index in [1.54, 1.807) is 18.3 Å². The second-order valence-electron chi connectivity index (χ2n) is 6.93. The molecule has 28 heavy (non-hydrogen) atoms. The van der Waals surface area contributed by atoms with Gasteiger partial charge < -0.3 is 15.4 Å². The number of rotatable bonds is 8. The molecule has 0 spiro atoms. The Balaban J connectivity index is 1.58. The van der Waals surface area contributed by atoms with Gasteiger partial charge in [-0.15, -0.1) is 0 Å². The standard InChI is InChI=1S/C23H25N3O2/c1-17(2)12-14-24-22-16-18(13-15-25-22)23(27)26-19-8-10-21(11-9-19)28-20-6-4-3-5-7-20/h3-11,13,15-17H,12,14H2,1-2H3,(H,24,25)(H,26,27). The van der Waals surface area contributed by atoms with Crippen molar-refractivity contribution in [1.82, 2.24) is 4.98 Å². The minimum atomic E-state index is -0.175. The van der Waals surface area contributed by atoms with Crippen molar-refractivity contribution in [2.75, 3.05) is 17.2 Å². The molecule has 0 atom stereocenters. The number of para-hydroxylation sites is 1.